The maximum Gasteiger partial charge on any atom is 0.493 e. The SMILES string of the molecule is OB(O)c1c(Cl)ccc(C2CCCC2)c1F. The minimum absolute atomic E-state index is 0.0641. The Hall–Kier alpha value is -0.575. The van der Waals surface area contributed by atoms with Crippen LogP contribution in [0.5, 0.6) is 0 Å². The summed E-state index contributed by atoms with van der Waals surface area (Å²) in [5.41, 5.74) is 0.357. The fourth-order valence-corrected chi connectivity index (χ4v) is 2.62. The maximum absolute atomic E-state index is 14.0. The van der Waals surface area contributed by atoms with E-state index in [-0.39, 0.29) is 16.4 Å². The maximum atomic E-state index is 14.0. The first-order valence-electron chi connectivity index (χ1n) is 5.45. The lowest BCUT2D eigenvalue weighted by atomic mass is 9.77. The standard InChI is InChI=1S/C11H13BClFO2/c13-9-6-5-8(7-3-1-2-4-7)11(14)10(9)12(15)16/h5-7,15-16H,1-4H2. The lowest BCUT2D eigenvalue weighted by Gasteiger charge is -2.14. The van der Waals surface area contributed by atoms with Crippen molar-refractivity contribution < 1.29 is 14.4 Å². The van der Waals surface area contributed by atoms with Crippen LogP contribution in [0.3, 0.4) is 0 Å². The number of halogens is 2. The van der Waals surface area contributed by atoms with Gasteiger partial charge in [-0.2, -0.15) is 0 Å². The lowest BCUT2D eigenvalue weighted by Crippen LogP contribution is -2.34. The van der Waals surface area contributed by atoms with Crippen molar-refractivity contribution in [3.63, 3.8) is 0 Å². The van der Waals surface area contributed by atoms with Crippen LogP contribution in [0.25, 0.3) is 0 Å². The van der Waals surface area contributed by atoms with E-state index in [9.17, 15) is 4.39 Å². The van der Waals surface area contributed by atoms with Crippen LogP contribution in [-0.4, -0.2) is 17.2 Å². The van der Waals surface area contributed by atoms with Crippen molar-refractivity contribution in [2.75, 3.05) is 0 Å². The second kappa shape index (κ2) is 4.74. The highest BCUT2D eigenvalue weighted by atomic mass is 35.5. The molecule has 0 unspecified atom stereocenters. The van der Waals surface area contributed by atoms with Crippen molar-refractivity contribution in [1.29, 1.82) is 0 Å². The Morgan fingerprint density at radius 2 is 1.88 bits per heavy atom. The van der Waals surface area contributed by atoms with Crippen molar-refractivity contribution in [3.05, 3.63) is 28.5 Å². The zero-order valence-electron chi connectivity index (χ0n) is 8.79. The van der Waals surface area contributed by atoms with Crippen LogP contribution in [0.15, 0.2) is 12.1 Å². The molecule has 5 heteroatoms. The molecule has 2 N–H and O–H groups in total. The summed E-state index contributed by atoms with van der Waals surface area (Å²) >= 11 is 5.74. The van der Waals surface area contributed by atoms with Crippen LogP contribution >= 0.6 is 11.6 Å². The van der Waals surface area contributed by atoms with Gasteiger partial charge in [0.1, 0.15) is 5.82 Å². The summed E-state index contributed by atoms with van der Waals surface area (Å²) in [5, 5.41) is 18.2. The van der Waals surface area contributed by atoms with E-state index in [0.29, 0.717) is 5.56 Å². The largest absolute Gasteiger partial charge is 0.493 e. The van der Waals surface area contributed by atoms with E-state index < -0.39 is 12.9 Å². The summed E-state index contributed by atoms with van der Waals surface area (Å²) in [4.78, 5) is 0. The smallest absolute Gasteiger partial charge is 0.423 e. The Kier molecular flexibility index (Phi) is 3.52. The summed E-state index contributed by atoms with van der Waals surface area (Å²) in [6.45, 7) is 0. The third-order valence-corrected chi connectivity index (χ3v) is 3.54. The third kappa shape index (κ3) is 2.10. The average Bonchev–Trinajstić information content (AvgIpc) is 2.70. The molecule has 0 heterocycles. The molecule has 1 aromatic carbocycles. The van der Waals surface area contributed by atoms with Crippen molar-refractivity contribution in [2.24, 2.45) is 0 Å². The molecule has 0 saturated heterocycles. The molecule has 0 aromatic heterocycles. The summed E-state index contributed by atoms with van der Waals surface area (Å²) in [6.07, 6.45) is 4.12. The Bertz CT molecular complexity index is 392. The summed E-state index contributed by atoms with van der Waals surface area (Å²) < 4.78 is 14.0. The van der Waals surface area contributed by atoms with E-state index in [2.05, 4.69) is 0 Å². The summed E-state index contributed by atoms with van der Waals surface area (Å²) in [5.74, 6) is -0.371. The molecule has 1 fully saturated rings. The van der Waals surface area contributed by atoms with E-state index >= 15 is 0 Å². The van der Waals surface area contributed by atoms with Gasteiger partial charge in [-0.3, -0.25) is 0 Å². The molecule has 0 bridgehead atoms. The van der Waals surface area contributed by atoms with Crippen LogP contribution in [0.2, 0.25) is 5.02 Å². The summed E-state index contributed by atoms with van der Waals surface area (Å²) in [7, 11) is -1.85. The van der Waals surface area contributed by atoms with Gasteiger partial charge in [0.05, 0.1) is 0 Å². The van der Waals surface area contributed by atoms with E-state index in [1.165, 1.54) is 6.07 Å². The lowest BCUT2D eigenvalue weighted by molar-refractivity contribution is 0.422. The molecule has 1 aliphatic carbocycles. The Morgan fingerprint density at radius 3 is 2.44 bits per heavy atom. The predicted octanol–water partition coefficient (Wildman–Crippen LogP) is 1.82. The first kappa shape index (κ1) is 11.9. The Labute approximate surface area is 99.2 Å². The molecular formula is C11H13BClFO2. The highest BCUT2D eigenvalue weighted by Gasteiger charge is 2.27. The van der Waals surface area contributed by atoms with Crippen molar-refractivity contribution in [2.45, 2.75) is 31.6 Å². The molecule has 0 aliphatic heterocycles. The van der Waals surface area contributed by atoms with Crippen LogP contribution in [0.1, 0.15) is 37.2 Å². The van der Waals surface area contributed by atoms with Crippen LogP contribution in [-0.2, 0) is 0 Å². The van der Waals surface area contributed by atoms with Gasteiger partial charge in [0.25, 0.3) is 0 Å². The van der Waals surface area contributed by atoms with Gasteiger partial charge in [0.2, 0.25) is 0 Å². The molecule has 0 radical (unpaired) electrons. The van der Waals surface area contributed by atoms with Gasteiger partial charge < -0.3 is 10.0 Å². The van der Waals surface area contributed by atoms with E-state index in [4.69, 9.17) is 21.6 Å². The van der Waals surface area contributed by atoms with Crippen molar-refractivity contribution in [1.82, 2.24) is 0 Å². The molecule has 86 valence electrons. The topological polar surface area (TPSA) is 40.5 Å². The van der Waals surface area contributed by atoms with Crippen LogP contribution in [0.4, 0.5) is 4.39 Å². The normalized spacial score (nSPS) is 16.8. The zero-order chi connectivity index (χ0) is 11.7. The average molecular weight is 242 g/mol. The Morgan fingerprint density at radius 1 is 1.25 bits per heavy atom. The third-order valence-electron chi connectivity index (χ3n) is 3.21. The highest BCUT2D eigenvalue weighted by Crippen LogP contribution is 2.35. The van der Waals surface area contributed by atoms with Gasteiger partial charge in [-0.05, 0) is 30.4 Å². The molecule has 2 rings (SSSR count). The number of rotatable bonds is 2. The predicted molar refractivity (Wildman–Crippen MR) is 62.4 cm³/mol. The van der Waals surface area contributed by atoms with Crippen LogP contribution in [0, 0.1) is 5.82 Å². The van der Waals surface area contributed by atoms with E-state index in [0.717, 1.165) is 25.7 Å². The minimum Gasteiger partial charge on any atom is -0.423 e. The fourth-order valence-electron chi connectivity index (χ4n) is 2.38. The van der Waals surface area contributed by atoms with Gasteiger partial charge >= 0.3 is 7.12 Å². The van der Waals surface area contributed by atoms with Gasteiger partial charge in [-0.25, -0.2) is 4.39 Å². The Balaban J connectivity index is 2.43. The van der Waals surface area contributed by atoms with Gasteiger partial charge in [0.15, 0.2) is 0 Å². The second-order valence-corrected chi connectivity index (χ2v) is 4.63. The molecule has 1 saturated carbocycles. The number of hydrogen-bond donors (Lipinski definition) is 2. The first-order valence-corrected chi connectivity index (χ1v) is 5.83. The number of benzene rings is 1. The molecular weight excluding hydrogens is 229 g/mol. The minimum atomic E-state index is -1.85. The highest BCUT2D eigenvalue weighted by molar-refractivity contribution is 6.62. The van der Waals surface area contributed by atoms with Crippen molar-refractivity contribution >= 4 is 24.2 Å². The van der Waals surface area contributed by atoms with E-state index in [1.807, 2.05) is 0 Å². The zero-order valence-corrected chi connectivity index (χ0v) is 9.54. The fraction of sp³-hybridized carbons (Fsp3) is 0.455. The molecule has 16 heavy (non-hydrogen) atoms. The first-order chi connectivity index (χ1) is 7.61. The molecule has 0 spiro atoms. The second-order valence-electron chi connectivity index (χ2n) is 4.22. The molecule has 0 amide bonds. The van der Waals surface area contributed by atoms with E-state index in [1.54, 1.807) is 6.07 Å². The van der Waals surface area contributed by atoms with Gasteiger partial charge in [0, 0.05) is 10.5 Å². The quantitative estimate of drug-likeness (QED) is 0.777. The summed E-state index contributed by atoms with van der Waals surface area (Å²) in [6, 6.07) is 3.19. The monoisotopic (exact) mass is 242 g/mol. The van der Waals surface area contributed by atoms with Gasteiger partial charge in [-0.15, -0.1) is 0 Å². The van der Waals surface area contributed by atoms with Crippen molar-refractivity contribution in [3.8, 4) is 0 Å². The molecule has 1 aliphatic rings. The van der Waals surface area contributed by atoms with Crippen LogP contribution < -0.4 is 5.46 Å². The molecule has 1 aromatic rings. The molecule has 2 nitrogen and oxygen atoms in total. The van der Waals surface area contributed by atoms with Gasteiger partial charge in [-0.1, -0.05) is 30.5 Å². The number of hydrogen-bond acceptors (Lipinski definition) is 2. The molecule has 0 atom stereocenters.